The van der Waals surface area contributed by atoms with Gasteiger partial charge in [0.25, 0.3) is 11.1 Å². The van der Waals surface area contributed by atoms with E-state index in [2.05, 4.69) is 21.2 Å². The minimum absolute atomic E-state index is 0.250. The fourth-order valence-electron chi connectivity index (χ4n) is 3.30. The number of hydrogen-bond donors (Lipinski definition) is 1. The van der Waals surface area contributed by atoms with Crippen molar-refractivity contribution in [3.63, 3.8) is 0 Å². The lowest BCUT2D eigenvalue weighted by molar-refractivity contribution is -0.127. The van der Waals surface area contributed by atoms with Crippen LogP contribution in [0.1, 0.15) is 16.7 Å². The van der Waals surface area contributed by atoms with Crippen molar-refractivity contribution in [2.75, 3.05) is 11.9 Å². The van der Waals surface area contributed by atoms with Gasteiger partial charge in [-0.1, -0.05) is 48.0 Å². The van der Waals surface area contributed by atoms with Crippen LogP contribution in [0, 0.1) is 6.92 Å². The lowest BCUT2D eigenvalue weighted by Gasteiger charge is -2.13. The Labute approximate surface area is 220 Å². The average molecular weight is 572 g/mol. The van der Waals surface area contributed by atoms with Gasteiger partial charge in [-0.2, -0.15) is 0 Å². The standard InChI is InChI=1S/C26H20BrClN2O4S/c1-16-4-2-3-5-21(16)29-24(31)14-30-25(32)23(35-26(30)33)13-18-8-11-22(20(27)12-18)34-15-17-6-9-19(28)10-7-17/h2-13H,14-15H2,1H3,(H,29,31)/b23-13+. The summed E-state index contributed by atoms with van der Waals surface area (Å²) in [6.45, 7) is 1.89. The number of halogens is 2. The Morgan fingerprint density at radius 3 is 2.57 bits per heavy atom. The summed E-state index contributed by atoms with van der Waals surface area (Å²) in [4.78, 5) is 38.8. The summed E-state index contributed by atoms with van der Waals surface area (Å²) in [5, 5.41) is 2.92. The first-order valence-corrected chi connectivity index (χ1v) is 12.6. The monoisotopic (exact) mass is 570 g/mol. The predicted molar refractivity (Wildman–Crippen MR) is 142 cm³/mol. The summed E-state index contributed by atoms with van der Waals surface area (Å²) in [5.41, 5.74) is 3.22. The third kappa shape index (κ3) is 6.33. The number of carbonyl (C=O) groups excluding carboxylic acids is 3. The van der Waals surface area contributed by atoms with Gasteiger partial charge in [-0.15, -0.1) is 0 Å². The van der Waals surface area contributed by atoms with Crippen molar-refractivity contribution in [3.05, 3.63) is 97.8 Å². The van der Waals surface area contributed by atoms with E-state index in [1.165, 1.54) is 0 Å². The van der Waals surface area contributed by atoms with Crippen LogP contribution in [0.2, 0.25) is 5.02 Å². The maximum Gasteiger partial charge on any atom is 0.294 e. The van der Waals surface area contributed by atoms with E-state index in [4.69, 9.17) is 16.3 Å². The number of nitrogens with zero attached hydrogens (tertiary/aromatic N) is 1. The molecular weight excluding hydrogens is 552 g/mol. The number of anilines is 1. The summed E-state index contributed by atoms with van der Waals surface area (Å²) in [6, 6.07) is 20.1. The molecule has 0 atom stereocenters. The zero-order chi connectivity index (χ0) is 24.9. The molecule has 0 radical (unpaired) electrons. The highest BCUT2D eigenvalue weighted by Crippen LogP contribution is 2.34. The van der Waals surface area contributed by atoms with Crippen LogP contribution in [-0.4, -0.2) is 28.5 Å². The zero-order valence-corrected chi connectivity index (χ0v) is 21.7. The first kappa shape index (κ1) is 25.0. The lowest BCUT2D eigenvalue weighted by Crippen LogP contribution is -2.36. The van der Waals surface area contributed by atoms with Crippen molar-refractivity contribution in [2.24, 2.45) is 0 Å². The molecule has 4 rings (SSSR count). The molecular formula is C26H20BrClN2O4S. The number of thioether (sulfide) groups is 1. The van der Waals surface area contributed by atoms with Gasteiger partial charge >= 0.3 is 0 Å². The summed E-state index contributed by atoms with van der Waals surface area (Å²) in [7, 11) is 0. The van der Waals surface area contributed by atoms with Crippen LogP contribution in [0.25, 0.3) is 6.08 Å². The number of ether oxygens (including phenoxy) is 1. The van der Waals surface area contributed by atoms with Crippen LogP contribution in [-0.2, 0) is 16.2 Å². The van der Waals surface area contributed by atoms with Crippen molar-refractivity contribution >= 4 is 68.1 Å². The molecule has 35 heavy (non-hydrogen) atoms. The second-order valence-corrected chi connectivity index (χ2v) is 10.0. The number of hydrogen-bond acceptors (Lipinski definition) is 5. The summed E-state index contributed by atoms with van der Waals surface area (Å²) in [6.07, 6.45) is 1.62. The molecule has 1 N–H and O–H groups in total. The van der Waals surface area contributed by atoms with E-state index in [0.717, 1.165) is 27.8 Å². The first-order chi connectivity index (χ1) is 16.8. The Morgan fingerprint density at radius 1 is 1.11 bits per heavy atom. The molecule has 3 aromatic rings. The minimum Gasteiger partial charge on any atom is -0.488 e. The molecule has 1 heterocycles. The van der Waals surface area contributed by atoms with E-state index in [1.54, 1.807) is 48.5 Å². The molecule has 1 aliphatic rings. The number of imide groups is 1. The molecule has 1 saturated heterocycles. The smallest absolute Gasteiger partial charge is 0.294 e. The second-order valence-electron chi connectivity index (χ2n) is 7.74. The molecule has 3 amide bonds. The highest BCUT2D eigenvalue weighted by atomic mass is 79.9. The lowest BCUT2D eigenvalue weighted by atomic mass is 10.2. The van der Waals surface area contributed by atoms with E-state index in [9.17, 15) is 14.4 Å². The Kier molecular flexibility index (Phi) is 7.95. The highest BCUT2D eigenvalue weighted by molar-refractivity contribution is 9.10. The Balaban J connectivity index is 1.40. The van der Waals surface area contributed by atoms with Gasteiger partial charge in [0.1, 0.15) is 18.9 Å². The first-order valence-electron chi connectivity index (χ1n) is 10.6. The average Bonchev–Trinajstić information content (AvgIpc) is 3.08. The normalized spacial score (nSPS) is 14.5. The maximum absolute atomic E-state index is 12.8. The Hall–Kier alpha value is -3.07. The Bertz CT molecular complexity index is 1330. The number of aryl methyl sites for hydroxylation is 1. The Morgan fingerprint density at radius 2 is 1.86 bits per heavy atom. The second kappa shape index (κ2) is 11.1. The van der Waals surface area contributed by atoms with Crippen LogP contribution in [0.5, 0.6) is 5.75 Å². The van der Waals surface area contributed by atoms with Crippen molar-refractivity contribution in [1.82, 2.24) is 4.90 Å². The molecule has 1 fully saturated rings. The largest absolute Gasteiger partial charge is 0.488 e. The quantitative estimate of drug-likeness (QED) is 0.321. The van der Waals surface area contributed by atoms with E-state index in [0.29, 0.717) is 33.1 Å². The molecule has 1 aliphatic heterocycles. The van der Waals surface area contributed by atoms with Crippen molar-refractivity contribution in [2.45, 2.75) is 13.5 Å². The van der Waals surface area contributed by atoms with Gasteiger partial charge < -0.3 is 10.1 Å². The van der Waals surface area contributed by atoms with Gasteiger partial charge in [-0.05, 0) is 87.7 Å². The molecule has 0 unspecified atom stereocenters. The van der Waals surface area contributed by atoms with Crippen LogP contribution >= 0.6 is 39.3 Å². The van der Waals surface area contributed by atoms with Crippen molar-refractivity contribution < 1.29 is 19.1 Å². The molecule has 0 aliphatic carbocycles. The fourth-order valence-corrected chi connectivity index (χ4v) is 4.78. The van der Waals surface area contributed by atoms with E-state index >= 15 is 0 Å². The van der Waals surface area contributed by atoms with Gasteiger partial charge in [0.05, 0.1) is 9.38 Å². The topological polar surface area (TPSA) is 75.7 Å². The predicted octanol–water partition coefficient (Wildman–Crippen LogP) is 6.66. The van der Waals surface area contributed by atoms with Crippen molar-refractivity contribution in [1.29, 1.82) is 0 Å². The van der Waals surface area contributed by atoms with Gasteiger partial charge in [0, 0.05) is 10.7 Å². The van der Waals surface area contributed by atoms with Gasteiger partial charge in [0.15, 0.2) is 0 Å². The molecule has 9 heteroatoms. The molecule has 0 saturated carbocycles. The number of nitrogens with one attached hydrogen (secondary N) is 1. The van der Waals surface area contributed by atoms with Crippen molar-refractivity contribution in [3.8, 4) is 5.75 Å². The molecule has 0 spiro atoms. The zero-order valence-electron chi connectivity index (χ0n) is 18.6. The van der Waals surface area contributed by atoms with Gasteiger partial charge in [-0.25, -0.2) is 0 Å². The van der Waals surface area contributed by atoms with Gasteiger partial charge in [0.2, 0.25) is 5.91 Å². The van der Waals surface area contributed by atoms with Crippen LogP contribution in [0.3, 0.4) is 0 Å². The van der Waals surface area contributed by atoms with Crippen LogP contribution < -0.4 is 10.1 Å². The number of carbonyl (C=O) groups is 3. The highest BCUT2D eigenvalue weighted by Gasteiger charge is 2.36. The molecule has 6 nitrogen and oxygen atoms in total. The SMILES string of the molecule is Cc1ccccc1NC(=O)CN1C(=O)S/C(=C/c2ccc(OCc3ccc(Cl)cc3)c(Br)c2)C1=O. The molecule has 178 valence electrons. The van der Waals surface area contributed by atoms with E-state index < -0.39 is 17.1 Å². The molecule has 3 aromatic carbocycles. The number of rotatable bonds is 7. The third-order valence-corrected chi connectivity index (χ3v) is 6.93. The number of benzene rings is 3. The van der Waals surface area contributed by atoms with Crippen LogP contribution in [0.4, 0.5) is 10.5 Å². The number of amides is 3. The summed E-state index contributed by atoms with van der Waals surface area (Å²) in [5.74, 6) is -0.301. The third-order valence-electron chi connectivity index (χ3n) is 5.16. The fraction of sp³-hybridized carbons (Fsp3) is 0.115. The maximum atomic E-state index is 12.8. The molecule has 0 aromatic heterocycles. The summed E-state index contributed by atoms with van der Waals surface area (Å²) >= 11 is 10.2. The minimum atomic E-state index is -0.501. The van der Waals surface area contributed by atoms with Crippen LogP contribution in [0.15, 0.2) is 76.1 Å². The van der Waals surface area contributed by atoms with E-state index in [1.807, 2.05) is 31.2 Å². The summed E-state index contributed by atoms with van der Waals surface area (Å²) < 4.78 is 6.56. The van der Waals surface area contributed by atoms with Gasteiger partial charge in [-0.3, -0.25) is 19.3 Å². The number of para-hydroxylation sites is 1. The van der Waals surface area contributed by atoms with E-state index in [-0.39, 0.29) is 11.4 Å². The molecule has 0 bridgehead atoms.